The number of sulfonamides is 1. The van der Waals surface area contributed by atoms with Crippen LogP contribution in [0.25, 0.3) is 10.8 Å². The Hall–Kier alpha value is -4.21. The molecule has 2 saturated carbocycles. The molecule has 7 atom stereocenters. The molecule has 1 aromatic heterocycles. The molecule has 12 nitrogen and oxygen atoms in total. The van der Waals surface area contributed by atoms with Crippen molar-refractivity contribution in [2.75, 3.05) is 13.2 Å². The molecule has 0 spiro atoms. The Morgan fingerprint density at radius 1 is 1.13 bits per heavy atom. The third-order valence-corrected chi connectivity index (χ3v) is 14.8. The highest BCUT2D eigenvalue weighted by Gasteiger charge is 2.63. The Kier molecular flexibility index (Phi) is 11.6. The summed E-state index contributed by atoms with van der Waals surface area (Å²) in [5.74, 6) is -9.54. The van der Waals surface area contributed by atoms with Crippen LogP contribution in [0.4, 0.5) is 13.2 Å². The number of carbonyl (C=O) groups is 4. The minimum Gasteiger partial charge on any atom is -0.491 e. The summed E-state index contributed by atoms with van der Waals surface area (Å²) in [6, 6.07) is 3.05. The number of halogens is 3. The summed E-state index contributed by atoms with van der Waals surface area (Å²) < 4.78 is 112. The van der Waals surface area contributed by atoms with Gasteiger partial charge in [-0.15, -0.1) is 0 Å². The van der Waals surface area contributed by atoms with Crippen LogP contribution in [0.5, 0.6) is 11.6 Å². The number of ether oxygens (including phenoxy) is 3. The molecule has 3 fully saturated rings. The largest absolute Gasteiger partial charge is 0.491 e. The summed E-state index contributed by atoms with van der Waals surface area (Å²) in [7, 11) is -4.72. The fourth-order valence-corrected chi connectivity index (χ4v) is 9.80. The number of pyridine rings is 1. The minimum atomic E-state index is -4.72. The number of allylic oxidation sites excluding steroid dienone is 2. The second-order valence-corrected chi connectivity index (χ2v) is 19.8. The molecule has 2 amide bonds. The van der Waals surface area contributed by atoms with Gasteiger partial charge in [-0.25, -0.2) is 26.6 Å². The molecule has 1 N–H and O–H groups in total. The minimum absolute atomic E-state index is 0.00177. The van der Waals surface area contributed by atoms with E-state index in [0.717, 1.165) is 13.8 Å². The van der Waals surface area contributed by atoms with Gasteiger partial charge in [-0.2, -0.15) is 0 Å². The van der Waals surface area contributed by atoms with E-state index in [9.17, 15) is 31.6 Å². The summed E-state index contributed by atoms with van der Waals surface area (Å²) in [6.07, 6.45) is 4.68. The van der Waals surface area contributed by atoms with Gasteiger partial charge in [0.2, 0.25) is 27.7 Å². The van der Waals surface area contributed by atoms with Crippen LogP contribution in [0.3, 0.4) is 0 Å². The van der Waals surface area contributed by atoms with Crippen molar-refractivity contribution in [1.29, 1.82) is 0 Å². The zero-order valence-corrected chi connectivity index (χ0v) is 35.8. The number of nitrogens with zero attached hydrogens (tertiary/aromatic N) is 2. The second kappa shape index (κ2) is 16.9. The lowest BCUT2D eigenvalue weighted by molar-refractivity contribution is -0.197. The van der Waals surface area contributed by atoms with Crippen LogP contribution < -0.4 is 14.2 Å². The number of rotatable bonds is 12. The lowest BCUT2D eigenvalue weighted by Crippen LogP contribution is -2.49. The van der Waals surface area contributed by atoms with Crippen LogP contribution in [0.2, 0.25) is 0 Å². The molecular formula is C44H58F3N3O9S. The highest BCUT2D eigenvalue weighted by molar-refractivity contribution is 7.91. The smallest absolute Gasteiger partial charge is 0.307 e. The van der Waals surface area contributed by atoms with E-state index in [-0.39, 0.29) is 61.8 Å². The van der Waals surface area contributed by atoms with E-state index >= 15 is 9.18 Å². The number of Topliss-reactive ketones (excluding diaryl/α,β-unsaturated/α-hetero) is 1. The van der Waals surface area contributed by atoms with Gasteiger partial charge in [0.05, 0.1) is 41.7 Å². The molecule has 0 unspecified atom stereocenters. The number of hydrogen-bond donors (Lipinski definition) is 1. The average Bonchev–Trinajstić information content (AvgIpc) is 4.09. The van der Waals surface area contributed by atoms with Crippen molar-refractivity contribution in [3.05, 3.63) is 42.4 Å². The van der Waals surface area contributed by atoms with Crippen LogP contribution >= 0.6 is 0 Å². The number of esters is 1. The number of hydrogen-bond acceptors (Lipinski definition) is 10. The van der Waals surface area contributed by atoms with Crippen LogP contribution in [0.15, 0.2) is 36.5 Å². The molecule has 2 aliphatic heterocycles. The van der Waals surface area contributed by atoms with Gasteiger partial charge in [-0.3, -0.25) is 23.9 Å². The van der Waals surface area contributed by atoms with Crippen LogP contribution in [-0.2, 0) is 33.9 Å². The van der Waals surface area contributed by atoms with Gasteiger partial charge >= 0.3 is 5.97 Å². The van der Waals surface area contributed by atoms with E-state index in [1.54, 1.807) is 19.1 Å². The molecular weight excluding hydrogens is 804 g/mol. The highest BCUT2D eigenvalue weighted by Crippen LogP contribution is 2.58. The zero-order chi connectivity index (χ0) is 46.5. The molecule has 2 aliphatic carbocycles. The first-order valence-electron chi connectivity index (χ1n) is 22.3. The molecule has 4 aliphatic rings. The van der Waals surface area contributed by atoms with Crippen molar-refractivity contribution >= 4 is 44.4 Å². The molecule has 2 aromatic rings. The molecule has 6 rings (SSSR count). The lowest BCUT2D eigenvalue weighted by Gasteiger charge is -2.35. The Bertz CT molecular complexity index is 2250. The quantitative estimate of drug-likeness (QED) is 0.168. The first-order valence-corrected chi connectivity index (χ1v) is 22.3. The molecule has 1 aromatic carbocycles. The van der Waals surface area contributed by atoms with Crippen LogP contribution in [0, 0.1) is 34.9 Å². The average molecular weight is 865 g/mol. The summed E-state index contributed by atoms with van der Waals surface area (Å²) in [6.45, 7) is 5.42. The summed E-state index contributed by atoms with van der Waals surface area (Å²) >= 11 is 0. The van der Waals surface area contributed by atoms with Crippen molar-refractivity contribution in [2.24, 2.45) is 29.1 Å². The molecule has 330 valence electrons. The molecule has 60 heavy (non-hydrogen) atoms. The molecule has 3 heterocycles. The first-order chi connectivity index (χ1) is 29.3. The molecule has 1 saturated heterocycles. The Morgan fingerprint density at radius 2 is 1.87 bits per heavy atom. The predicted molar refractivity (Wildman–Crippen MR) is 217 cm³/mol. The summed E-state index contributed by atoms with van der Waals surface area (Å²) in [5.41, 5.74) is -3.80. The van der Waals surface area contributed by atoms with E-state index in [0.29, 0.717) is 38.0 Å². The summed E-state index contributed by atoms with van der Waals surface area (Å²) in [5, 5.41) is 0.817. The van der Waals surface area contributed by atoms with Gasteiger partial charge in [-0.1, -0.05) is 32.4 Å². The SMILES string of the molecule is [2H]C([2H])([2H])C1(S(=O)(=O)NC(=O)[C@]23CC(=O)[C@@H]4C[C@@H](Oc5nccc6cc(OCC)c(F)cc56)CN4C(=O)[C@@H](CC(=O)OC(C)(C)C(C)(F)F)[C@H](CC)C[C@H](C)CC/C=C\[C@@H]2C3)CC1. The van der Waals surface area contributed by atoms with Crippen LogP contribution in [0.1, 0.15) is 117 Å². The molecule has 0 bridgehead atoms. The number of benzene rings is 1. The number of amides is 2. The molecule has 0 radical (unpaired) electrons. The number of fused-ring (bicyclic) bond motifs is 3. The third-order valence-electron chi connectivity index (χ3n) is 12.9. The number of nitrogens with one attached hydrogen (secondary N) is 1. The number of alkyl halides is 2. The van der Waals surface area contributed by atoms with Gasteiger partial charge in [-0.05, 0) is 107 Å². The van der Waals surface area contributed by atoms with E-state index < -0.39 is 111 Å². The Labute approximate surface area is 354 Å². The Morgan fingerprint density at radius 3 is 2.52 bits per heavy atom. The third kappa shape index (κ3) is 9.32. The lowest BCUT2D eigenvalue weighted by atomic mass is 9.79. The highest BCUT2D eigenvalue weighted by atomic mass is 32.2. The predicted octanol–water partition coefficient (Wildman–Crippen LogP) is 7.47. The van der Waals surface area contributed by atoms with Crippen molar-refractivity contribution in [3.63, 3.8) is 0 Å². The van der Waals surface area contributed by atoms with E-state index in [4.69, 9.17) is 18.3 Å². The monoisotopic (exact) mass is 864 g/mol. The van der Waals surface area contributed by atoms with Gasteiger partial charge in [0.15, 0.2) is 23.0 Å². The fraction of sp³-hybridized carbons (Fsp3) is 0.659. The van der Waals surface area contributed by atoms with Gasteiger partial charge in [0, 0.05) is 35.5 Å². The Balaban J connectivity index is 1.38. The van der Waals surface area contributed by atoms with Gasteiger partial charge in [0.1, 0.15) is 6.10 Å². The first kappa shape index (κ1) is 41.2. The second-order valence-electron chi connectivity index (χ2n) is 17.8. The number of ketones is 1. The van der Waals surface area contributed by atoms with Crippen molar-refractivity contribution < 1.29 is 59.1 Å². The van der Waals surface area contributed by atoms with Gasteiger partial charge in [0.25, 0.3) is 5.92 Å². The van der Waals surface area contributed by atoms with Crippen LogP contribution in [-0.4, -0.2) is 83.4 Å². The van der Waals surface area contributed by atoms with Crippen molar-refractivity contribution in [1.82, 2.24) is 14.6 Å². The maximum atomic E-state index is 15.2. The zero-order valence-electron chi connectivity index (χ0n) is 38.0. The van der Waals surface area contributed by atoms with E-state index in [1.807, 2.05) is 24.6 Å². The fourth-order valence-electron chi connectivity index (χ4n) is 8.51. The number of carbonyl (C=O) groups excluding carboxylic acids is 4. The van der Waals surface area contributed by atoms with Crippen molar-refractivity contribution in [2.45, 2.75) is 141 Å². The number of aromatic nitrogens is 1. The maximum absolute atomic E-state index is 15.2. The maximum Gasteiger partial charge on any atom is 0.307 e. The topological polar surface area (TPSA) is 158 Å². The summed E-state index contributed by atoms with van der Waals surface area (Å²) in [4.78, 5) is 63.3. The van der Waals surface area contributed by atoms with Gasteiger partial charge < -0.3 is 19.1 Å². The van der Waals surface area contributed by atoms with E-state index in [2.05, 4.69) is 4.98 Å². The normalized spacial score (nSPS) is 30.0. The van der Waals surface area contributed by atoms with E-state index in [1.165, 1.54) is 23.2 Å². The van der Waals surface area contributed by atoms with Crippen molar-refractivity contribution in [3.8, 4) is 11.6 Å². The standard InChI is InChI=1S/C44H58F3N3O9S/c1-8-27-18-26(3)12-10-11-13-29-23-44(29,40(54)49-60(55,56)42(6)15-16-42)24-35(51)34-20-30(58-38-31-21-33(45)36(57-9-2)19-28(31)14-17-48-38)25-50(34)39(53)32(27)22-37(52)59-41(4,5)43(7,46)47/h11,13-14,17,19,21,26-27,29-30,32,34H,8-10,12,15-16,18,20,22-25H2,1-7H3,(H,49,54)/b13-11-/t26-,27-,29-,30-,32+,34+,44-/m1/s1/i6D3. The molecule has 16 heteroatoms.